The van der Waals surface area contributed by atoms with Crippen LogP contribution in [0.2, 0.25) is 0 Å². The minimum absolute atomic E-state index is 0.0953. The van der Waals surface area contributed by atoms with Crippen molar-refractivity contribution in [2.45, 2.75) is 13.5 Å². The van der Waals surface area contributed by atoms with Crippen molar-refractivity contribution in [3.63, 3.8) is 0 Å². The first-order valence-corrected chi connectivity index (χ1v) is 5.96. The summed E-state index contributed by atoms with van der Waals surface area (Å²) in [5.74, 6) is -1.44. The van der Waals surface area contributed by atoms with Gasteiger partial charge in [-0.2, -0.15) is 0 Å². The summed E-state index contributed by atoms with van der Waals surface area (Å²) in [5, 5.41) is 11.4. The lowest BCUT2D eigenvalue weighted by molar-refractivity contribution is 0.0689. The number of amides is 1. The summed E-state index contributed by atoms with van der Waals surface area (Å²) in [6.07, 6.45) is 2.90. The molecule has 0 aliphatic heterocycles. The van der Waals surface area contributed by atoms with Gasteiger partial charge in [-0.25, -0.2) is 9.78 Å². The summed E-state index contributed by atoms with van der Waals surface area (Å²) in [6, 6.07) is 6.47. The average Bonchev–Trinajstić information content (AvgIpc) is 2.46. The van der Waals surface area contributed by atoms with Crippen molar-refractivity contribution in [2.24, 2.45) is 0 Å². The molecule has 0 atom stereocenters. The van der Waals surface area contributed by atoms with Crippen LogP contribution in [0.25, 0.3) is 0 Å². The van der Waals surface area contributed by atoms with E-state index in [4.69, 9.17) is 5.11 Å². The summed E-state index contributed by atoms with van der Waals surface area (Å²) in [5.41, 5.74) is 1.99. The van der Waals surface area contributed by atoms with Gasteiger partial charge in [-0.05, 0) is 30.7 Å². The summed E-state index contributed by atoms with van der Waals surface area (Å²) >= 11 is 0. The number of rotatable bonds is 4. The second kappa shape index (κ2) is 5.92. The number of hydrogen-bond donors (Lipinski definition) is 2. The first-order chi connectivity index (χ1) is 9.58. The smallest absolute Gasteiger partial charge is 0.354 e. The number of carboxylic acids is 1. The van der Waals surface area contributed by atoms with Gasteiger partial charge in [-0.3, -0.25) is 9.78 Å². The van der Waals surface area contributed by atoms with Gasteiger partial charge in [0.25, 0.3) is 5.91 Å². The number of aromatic carboxylic acids is 1. The van der Waals surface area contributed by atoms with E-state index in [0.29, 0.717) is 12.1 Å². The Balaban J connectivity index is 2.02. The highest BCUT2D eigenvalue weighted by atomic mass is 16.4. The number of nitrogens with one attached hydrogen (secondary N) is 1. The predicted octanol–water partition coefficient (Wildman–Crippen LogP) is 1.41. The number of pyridine rings is 2. The van der Waals surface area contributed by atoms with Crippen LogP contribution in [0.1, 0.15) is 32.1 Å². The Morgan fingerprint density at radius 2 is 2.05 bits per heavy atom. The Kier molecular flexibility index (Phi) is 4.05. The zero-order valence-electron chi connectivity index (χ0n) is 10.8. The minimum Gasteiger partial charge on any atom is -0.477 e. The molecule has 0 aliphatic carbocycles. The number of carbonyl (C=O) groups is 2. The molecule has 102 valence electrons. The molecule has 0 aromatic carbocycles. The minimum atomic E-state index is -1.12. The zero-order chi connectivity index (χ0) is 14.5. The van der Waals surface area contributed by atoms with Crippen molar-refractivity contribution >= 4 is 11.9 Å². The summed E-state index contributed by atoms with van der Waals surface area (Å²) in [4.78, 5) is 30.4. The van der Waals surface area contributed by atoms with Crippen molar-refractivity contribution in [1.29, 1.82) is 0 Å². The highest BCUT2D eigenvalue weighted by molar-refractivity contribution is 5.94. The van der Waals surface area contributed by atoms with Gasteiger partial charge in [-0.15, -0.1) is 0 Å². The lowest BCUT2D eigenvalue weighted by atomic mass is 10.2. The molecule has 0 unspecified atom stereocenters. The standard InChI is InChI=1S/C14H13N3O3/c1-9-3-2-6-15-12(9)8-17-13(18)10-4-5-11(14(19)20)16-7-10/h2-7H,8H2,1H3,(H,17,18)(H,19,20). The van der Waals surface area contributed by atoms with E-state index < -0.39 is 5.97 Å². The number of nitrogens with zero attached hydrogens (tertiary/aromatic N) is 2. The predicted molar refractivity (Wildman–Crippen MR) is 71.3 cm³/mol. The number of aromatic nitrogens is 2. The number of carbonyl (C=O) groups excluding carboxylic acids is 1. The molecule has 0 saturated heterocycles. The third-order valence-corrected chi connectivity index (χ3v) is 2.78. The van der Waals surface area contributed by atoms with Crippen LogP contribution in [-0.2, 0) is 6.54 Å². The van der Waals surface area contributed by atoms with Crippen LogP contribution >= 0.6 is 0 Å². The molecule has 0 spiro atoms. The van der Waals surface area contributed by atoms with E-state index in [-0.39, 0.29) is 11.6 Å². The molecule has 20 heavy (non-hydrogen) atoms. The number of hydrogen-bond acceptors (Lipinski definition) is 4. The van der Waals surface area contributed by atoms with Crippen LogP contribution in [-0.4, -0.2) is 27.0 Å². The Morgan fingerprint density at radius 1 is 1.25 bits per heavy atom. The van der Waals surface area contributed by atoms with E-state index in [9.17, 15) is 9.59 Å². The molecule has 2 N–H and O–H groups in total. The maximum Gasteiger partial charge on any atom is 0.354 e. The van der Waals surface area contributed by atoms with Crippen LogP contribution < -0.4 is 5.32 Å². The second-order valence-electron chi connectivity index (χ2n) is 4.19. The normalized spacial score (nSPS) is 10.1. The fourth-order valence-electron chi connectivity index (χ4n) is 1.62. The Bertz CT molecular complexity index is 638. The van der Waals surface area contributed by atoms with Gasteiger partial charge < -0.3 is 10.4 Å². The summed E-state index contributed by atoms with van der Waals surface area (Å²) in [6.45, 7) is 2.23. The fourth-order valence-corrected chi connectivity index (χ4v) is 1.62. The molecule has 2 aromatic heterocycles. The van der Waals surface area contributed by atoms with Crippen molar-refractivity contribution in [1.82, 2.24) is 15.3 Å². The van der Waals surface area contributed by atoms with Gasteiger partial charge in [0.2, 0.25) is 0 Å². The summed E-state index contributed by atoms with van der Waals surface area (Å²) in [7, 11) is 0. The first kappa shape index (κ1) is 13.7. The maximum atomic E-state index is 11.9. The molecule has 2 rings (SSSR count). The van der Waals surface area contributed by atoms with Gasteiger partial charge in [0.1, 0.15) is 5.69 Å². The van der Waals surface area contributed by atoms with Gasteiger partial charge in [0.05, 0.1) is 17.8 Å². The molecule has 0 aliphatic rings. The molecular weight excluding hydrogens is 258 g/mol. The second-order valence-corrected chi connectivity index (χ2v) is 4.19. The lowest BCUT2D eigenvalue weighted by Gasteiger charge is -2.06. The van der Waals surface area contributed by atoms with E-state index in [1.807, 2.05) is 19.1 Å². The van der Waals surface area contributed by atoms with E-state index >= 15 is 0 Å². The third-order valence-electron chi connectivity index (χ3n) is 2.78. The monoisotopic (exact) mass is 271 g/mol. The fraction of sp³-hybridized carbons (Fsp3) is 0.143. The Morgan fingerprint density at radius 3 is 2.65 bits per heavy atom. The highest BCUT2D eigenvalue weighted by Gasteiger charge is 2.09. The first-order valence-electron chi connectivity index (χ1n) is 5.96. The van der Waals surface area contributed by atoms with Crippen LogP contribution in [0, 0.1) is 6.92 Å². The SMILES string of the molecule is Cc1cccnc1CNC(=O)c1ccc(C(=O)O)nc1. The van der Waals surface area contributed by atoms with E-state index in [2.05, 4.69) is 15.3 Å². The molecule has 1 amide bonds. The number of carboxylic acid groups (broad SMARTS) is 1. The van der Waals surface area contributed by atoms with Crippen molar-refractivity contribution in [2.75, 3.05) is 0 Å². The van der Waals surface area contributed by atoms with Crippen LogP contribution in [0.15, 0.2) is 36.7 Å². The molecule has 6 heteroatoms. The van der Waals surface area contributed by atoms with Crippen molar-refractivity contribution in [3.8, 4) is 0 Å². The van der Waals surface area contributed by atoms with Crippen molar-refractivity contribution in [3.05, 3.63) is 59.2 Å². The number of aryl methyl sites for hydroxylation is 1. The van der Waals surface area contributed by atoms with Crippen LogP contribution in [0.5, 0.6) is 0 Å². The van der Waals surface area contributed by atoms with Crippen molar-refractivity contribution < 1.29 is 14.7 Å². The molecule has 0 fully saturated rings. The lowest BCUT2D eigenvalue weighted by Crippen LogP contribution is -2.24. The molecule has 2 heterocycles. The largest absolute Gasteiger partial charge is 0.477 e. The van der Waals surface area contributed by atoms with E-state index in [0.717, 1.165) is 11.3 Å². The highest BCUT2D eigenvalue weighted by Crippen LogP contribution is 2.04. The van der Waals surface area contributed by atoms with E-state index in [1.165, 1.54) is 18.3 Å². The molecule has 6 nitrogen and oxygen atoms in total. The van der Waals surface area contributed by atoms with Crippen LogP contribution in [0.4, 0.5) is 0 Å². The van der Waals surface area contributed by atoms with E-state index in [1.54, 1.807) is 6.20 Å². The molecule has 0 saturated carbocycles. The molecule has 2 aromatic rings. The Hall–Kier alpha value is -2.76. The molecule has 0 radical (unpaired) electrons. The van der Waals surface area contributed by atoms with Gasteiger partial charge >= 0.3 is 5.97 Å². The summed E-state index contributed by atoms with van der Waals surface area (Å²) < 4.78 is 0. The van der Waals surface area contributed by atoms with Gasteiger partial charge in [-0.1, -0.05) is 6.07 Å². The van der Waals surface area contributed by atoms with Crippen LogP contribution in [0.3, 0.4) is 0 Å². The van der Waals surface area contributed by atoms with Gasteiger partial charge in [0, 0.05) is 12.4 Å². The Labute approximate surface area is 115 Å². The van der Waals surface area contributed by atoms with Gasteiger partial charge in [0.15, 0.2) is 0 Å². The topological polar surface area (TPSA) is 92.2 Å². The molecular formula is C14H13N3O3. The quantitative estimate of drug-likeness (QED) is 0.877. The third kappa shape index (κ3) is 3.17. The zero-order valence-corrected chi connectivity index (χ0v) is 10.8. The average molecular weight is 271 g/mol. The molecule has 0 bridgehead atoms. The maximum absolute atomic E-state index is 11.9.